The first-order valence-corrected chi connectivity index (χ1v) is 13.7. The molecule has 3 aromatic heterocycles. The minimum Gasteiger partial charge on any atom is -0.355 e. The number of pyridine rings is 1. The predicted octanol–water partition coefficient (Wildman–Crippen LogP) is 5.53. The number of aromatic nitrogens is 4. The monoisotopic (exact) mass is 531 g/mol. The molecule has 0 saturated carbocycles. The van der Waals surface area contributed by atoms with Gasteiger partial charge in [0.2, 0.25) is 0 Å². The van der Waals surface area contributed by atoms with Crippen molar-refractivity contribution in [3.8, 4) is 11.4 Å². The lowest BCUT2D eigenvalue weighted by Gasteiger charge is -2.29. The Morgan fingerprint density at radius 1 is 1.03 bits per heavy atom. The molecule has 2 saturated heterocycles. The standard InChI is InChI=1S/C30H35F2N7/c1-30(2,32)20-36(3)23-14-16-37(19-23)28-11-5-9-24(34-28)26-18-33-27-12-13-29(35-39(26)27)38-15-6-10-25(38)21-7-4-8-22(31)17-21/h4-5,7-9,11-13,17-18,23,25H,6,10,14-16,19-20H2,1-3H3/t23-,25-/m1/s1. The molecule has 2 fully saturated rings. The molecule has 7 nitrogen and oxygen atoms in total. The number of imidazole rings is 1. The van der Waals surface area contributed by atoms with Gasteiger partial charge in [-0.25, -0.2) is 23.3 Å². The van der Waals surface area contributed by atoms with Gasteiger partial charge >= 0.3 is 0 Å². The van der Waals surface area contributed by atoms with Gasteiger partial charge in [0.25, 0.3) is 0 Å². The molecule has 5 heterocycles. The van der Waals surface area contributed by atoms with Crippen molar-refractivity contribution in [1.82, 2.24) is 24.5 Å². The van der Waals surface area contributed by atoms with Crippen molar-refractivity contribution in [1.29, 1.82) is 0 Å². The Hall–Kier alpha value is -3.59. The fourth-order valence-corrected chi connectivity index (χ4v) is 6.07. The maximum absolute atomic E-state index is 14.2. The average Bonchev–Trinajstić information content (AvgIpc) is 3.67. The van der Waals surface area contributed by atoms with Crippen molar-refractivity contribution in [2.24, 2.45) is 0 Å². The van der Waals surface area contributed by atoms with Gasteiger partial charge in [0.05, 0.1) is 17.9 Å². The SMILES string of the molecule is CN(CC(C)(C)F)[C@@H]1CCN(c2cccc(-c3cnc4ccc(N5CCC[C@@H]5c5cccc(F)c5)nn34)n2)C1. The molecule has 204 valence electrons. The molecule has 9 heteroatoms. The highest BCUT2D eigenvalue weighted by atomic mass is 19.1. The highest BCUT2D eigenvalue weighted by Gasteiger charge is 2.31. The van der Waals surface area contributed by atoms with Gasteiger partial charge in [-0.2, -0.15) is 0 Å². The summed E-state index contributed by atoms with van der Waals surface area (Å²) < 4.78 is 30.0. The Morgan fingerprint density at radius 3 is 2.69 bits per heavy atom. The van der Waals surface area contributed by atoms with Crippen LogP contribution >= 0.6 is 0 Å². The van der Waals surface area contributed by atoms with Crippen LogP contribution in [-0.2, 0) is 0 Å². The topological polar surface area (TPSA) is 52.8 Å². The number of rotatable bonds is 7. The maximum Gasteiger partial charge on any atom is 0.154 e. The lowest BCUT2D eigenvalue weighted by atomic mass is 10.0. The fraction of sp³-hybridized carbons (Fsp3) is 0.433. The Kier molecular flexibility index (Phi) is 6.71. The van der Waals surface area contributed by atoms with Gasteiger partial charge < -0.3 is 9.80 Å². The number of hydrogen-bond acceptors (Lipinski definition) is 6. The van der Waals surface area contributed by atoms with Crippen molar-refractivity contribution < 1.29 is 8.78 Å². The molecule has 0 unspecified atom stereocenters. The van der Waals surface area contributed by atoms with Gasteiger partial charge in [-0.15, -0.1) is 5.10 Å². The first-order valence-electron chi connectivity index (χ1n) is 13.7. The van der Waals surface area contributed by atoms with Crippen molar-refractivity contribution in [2.75, 3.05) is 43.0 Å². The summed E-state index contributed by atoms with van der Waals surface area (Å²) in [6.07, 6.45) is 4.77. The fourth-order valence-electron chi connectivity index (χ4n) is 6.07. The molecule has 0 spiro atoms. The lowest BCUT2D eigenvalue weighted by Crippen LogP contribution is -2.41. The van der Waals surface area contributed by atoms with Crippen LogP contribution in [0, 0.1) is 5.82 Å². The third-order valence-electron chi connectivity index (χ3n) is 7.86. The highest BCUT2D eigenvalue weighted by Crippen LogP contribution is 2.36. The van der Waals surface area contributed by atoms with Gasteiger partial charge in [0, 0.05) is 32.2 Å². The number of fused-ring (bicyclic) bond motifs is 1. The van der Waals surface area contributed by atoms with E-state index in [1.807, 2.05) is 54.2 Å². The third-order valence-corrected chi connectivity index (χ3v) is 7.86. The summed E-state index contributed by atoms with van der Waals surface area (Å²) in [5.41, 5.74) is 2.12. The second kappa shape index (κ2) is 10.2. The van der Waals surface area contributed by atoms with Crippen LogP contribution in [0.25, 0.3) is 17.0 Å². The lowest BCUT2D eigenvalue weighted by molar-refractivity contribution is 0.120. The van der Waals surface area contributed by atoms with E-state index in [0.29, 0.717) is 6.54 Å². The summed E-state index contributed by atoms with van der Waals surface area (Å²) in [7, 11) is 2.00. The van der Waals surface area contributed by atoms with E-state index in [2.05, 4.69) is 19.7 Å². The van der Waals surface area contributed by atoms with Crippen LogP contribution in [0.1, 0.15) is 44.7 Å². The first kappa shape index (κ1) is 25.7. The highest BCUT2D eigenvalue weighted by molar-refractivity contribution is 5.63. The van der Waals surface area contributed by atoms with Crippen molar-refractivity contribution in [3.05, 3.63) is 72.2 Å². The van der Waals surface area contributed by atoms with Crippen LogP contribution in [0.2, 0.25) is 0 Å². The zero-order chi connectivity index (χ0) is 27.1. The van der Waals surface area contributed by atoms with Crippen LogP contribution < -0.4 is 9.80 Å². The maximum atomic E-state index is 14.2. The molecule has 2 atom stereocenters. The smallest absolute Gasteiger partial charge is 0.154 e. The zero-order valence-corrected chi connectivity index (χ0v) is 22.8. The summed E-state index contributed by atoms with van der Waals surface area (Å²) >= 11 is 0. The minimum absolute atomic E-state index is 0.0864. The van der Waals surface area contributed by atoms with Crippen LogP contribution in [-0.4, -0.2) is 69.4 Å². The molecule has 39 heavy (non-hydrogen) atoms. The summed E-state index contributed by atoms with van der Waals surface area (Å²) in [4.78, 5) is 16.2. The van der Waals surface area contributed by atoms with Crippen molar-refractivity contribution in [3.63, 3.8) is 0 Å². The molecular weight excluding hydrogens is 496 g/mol. The molecule has 0 aliphatic carbocycles. The Balaban J connectivity index is 1.26. The van der Waals surface area contributed by atoms with E-state index in [1.165, 1.54) is 6.07 Å². The van der Waals surface area contributed by atoms with Gasteiger partial charge in [-0.05, 0) is 82.1 Å². The summed E-state index contributed by atoms with van der Waals surface area (Å²) in [5, 5.41) is 4.98. The normalized spacial score (nSPS) is 20.1. The van der Waals surface area contributed by atoms with E-state index in [9.17, 15) is 8.78 Å². The van der Waals surface area contributed by atoms with Gasteiger partial charge in [-0.1, -0.05) is 18.2 Å². The predicted molar refractivity (Wildman–Crippen MR) is 150 cm³/mol. The van der Waals surface area contributed by atoms with Gasteiger partial charge in [-0.3, -0.25) is 4.90 Å². The van der Waals surface area contributed by atoms with E-state index in [0.717, 1.165) is 73.1 Å². The molecule has 0 amide bonds. The second-order valence-electron chi connectivity index (χ2n) is 11.4. The van der Waals surface area contributed by atoms with Crippen LogP contribution in [0.4, 0.5) is 20.4 Å². The van der Waals surface area contributed by atoms with Gasteiger partial charge in [0.1, 0.15) is 28.8 Å². The molecule has 2 aliphatic heterocycles. The summed E-state index contributed by atoms with van der Waals surface area (Å²) in [6, 6.07) is 17.2. The third kappa shape index (κ3) is 5.32. The van der Waals surface area contributed by atoms with Crippen LogP contribution in [0.5, 0.6) is 0 Å². The summed E-state index contributed by atoms with van der Waals surface area (Å²) in [6.45, 7) is 6.22. The number of halogens is 2. The van der Waals surface area contributed by atoms with E-state index < -0.39 is 5.67 Å². The second-order valence-corrected chi connectivity index (χ2v) is 11.4. The largest absolute Gasteiger partial charge is 0.355 e. The minimum atomic E-state index is -1.22. The molecule has 2 aliphatic rings. The Labute approximate surface area is 228 Å². The van der Waals surface area contributed by atoms with E-state index in [4.69, 9.17) is 10.1 Å². The Bertz CT molecular complexity index is 1460. The number of benzene rings is 1. The van der Waals surface area contributed by atoms with Crippen molar-refractivity contribution in [2.45, 2.75) is 50.9 Å². The number of likely N-dealkylation sites (N-methyl/N-ethyl adjacent to an activating group) is 1. The molecule has 1 aromatic carbocycles. The summed E-state index contributed by atoms with van der Waals surface area (Å²) in [5.74, 6) is 1.53. The molecular formula is C30H35F2N7. The molecule has 4 aromatic rings. The molecule has 6 rings (SSSR count). The number of alkyl halides is 1. The van der Waals surface area contributed by atoms with Crippen LogP contribution in [0.15, 0.2) is 60.8 Å². The molecule has 0 radical (unpaired) electrons. The first-order chi connectivity index (χ1) is 18.7. The van der Waals surface area contributed by atoms with Crippen molar-refractivity contribution >= 4 is 17.3 Å². The molecule has 0 bridgehead atoms. The molecule has 0 N–H and O–H groups in total. The Morgan fingerprint density at radius 2 is 1.87 bits per heavy atom. The van der Waals surface area contributed by atoms with Crippen LogP contribution in [0.3, 0.4) is 0 Å². The van der Waals surface area contributed by atoms with E-state index in [-0.39, 0.29) is 17.9 Å². The number of hydrogen-bond donors (Lipinski definition) is 0. The van der Waals surface area contributed by atoms with E-state index in [1.54, 1.807) is 26.0 Å². The quantitative estimate of drug-likeness (QED) is 0.313. The van der Waals surface area contributed by atoms with Gasteiger partial charge in [0.15, 0.2) is 5.65 Å². The zero-order valence-electron chi connectivity index (χ0n) is 22.8. The average molecular weight is 532 g/mol. The number of nitrogens with zero attached hydrogens (tertiary/aromatic N) is 7. The number of anilines is 2. The van der Waals surface area contributed by atoms with E-state index >= 15 is 0 Å².